The van der Waals surface area contributed by atoms with Crippen LogP contribution in [0.4, 0.5) is 4.39 Å². The van der Waals surface area contributed by atoms with Gasteiger partial charge in [-0.15, -0.1) is 11.3 Å². The number of aryl methyl sites for hydroxylation is 1. The van der Waals surface area contributed by atoms with E-state index >= 15 is 0 Å². The number of hydrogen-bond donors (Lipinski definition) is 1. The summed E-state index contributed by atoms with van der Waals surface area (Å²) in [5.41, 5.74) is 0. The molecule has 2 heterocycles. The van der Waals surface area contributed by atoms with E-state index in [9.17, 15) is 12.8 Å². The van der Waals surface area contributed by atoms with E-state index in [1.54, 1.807) is 13.1 Å². The third-order valence-corrected chi connectivity index (χ3v) is 4.89. The van der Waals surface area contributed by atoms with Crippen molar-refractivity contribution >= 4 is 21.4 Å². The molecule has 2 rings (SSSR count). The first-order valence-corrected chi connectivity index (χ1v) is 7.75. The highest BCUT2D eigenvalue weighted by Gasteiger charge is 2.24. The molecular formula is C11H12FN3O2S2. The molecule has 0 saturated carbocycles. The molecule has 2 aromatic heterocycles. The molecule has 0 aromatic carbocycles. The molecule has 1 N–H and O–H groups in total. The maximum atomic E-state index is 13.4. The molecule has 0 amide bonds. The largest absolute Gasteiger partial charge is 0.261 e. The van der Waals surface area contributed by atoms with E-state index in [2.05, 4.69) is 14.7 Å². The number of rotatable bonds is 4. The van der Waals surface area contributed by atoms with Gasteiger partial charge in [-0.2, -0.15) is 0 Å². The van der Waals surface area contributed by atoms with Gasteiger partial charge in [0.2, 0.25) is 5.03 Å². The Morgan fingerprint density at radius 2 is 2.16 bits per heavy atom. The summed E-state index contributed by atoms with van der Waals surface area (Å²) in [7, 11) is -4.00. The fourth-order valence-corrected chi connectivity index (χ4v) is 3.54. The highest BCUT2D eigenvalue weighted by molar-refractivity contribution is 7.89. The number of hydrogen-bond acceptors (Lipinski definition) is 5. The van der Waals surface area contributed by atoms with Gasteiger partial charge in [0.05, 0.1) is 6.04 Å². The second-order valence-corrected chi connectivity index (χ2v) is 6.84. The lowest BCUT2D eigenvalue weighted by atomic mass is 10.4. The zero-order valence-corrected chi connectivity index (χ0v) is 11.9. The molecule has 0 saturated heterocycles. The highest BCUT2D eigenvalue weighted by atomic mass is 32.2. The zero-order chi connectivity index (χ0) is 14.0. The monoisotopic (exact) mass is 301 g/mol. The SMILES string of the molecule is Cc1cnc(C(C)NS(=O)(=O)c2ncccc2F)s1. The van der Waals surface area contributed by atoms with Crippen molar-refractivity contribution in [1.82, 2.24) is 14.7 Å². The summed E-state index contributed by atoms with van der Waals surface area (Å²) < 4.78 is 39.8. The summed E-state index contributed by atoms with van der Waals surface area (Å²) in [6.45, 7) is 3.53. The lowest BCUT2D eigenvalue weighted by Crippen LogP contribution is -2.28. The van der Waals surface area contributed by atoms with Crippen molar-refractivity contribution in [1.29, 1.82) is 0 Å². The second kappa shape index (κ2) is 5.32. The fourth-order valence-electron chi connectivity index (χ4n) is 1.48. The second-order valence-electron chi connectivity index (χ2n) is 3.94. The highest BCUT2D eigenvalue weighted by Crippen LogP contribution is 2.21. The molecule has 5 nitrogen and oxygen atoms in total. The molecule has 1 unspecified atom stereocenters. The summed E-state index contributed by atoms with van der Waals surface area (Å²) in [6, 6.07) is 1.85. The van der Waals surface area contributed by atoms with Gasteiger partial charge in [0.15, 0.2) is 5.82 Å². The van der Waals surface area contributed by atoms with E-state index in [-0.39, 0.29) is 0 Å². The Morgan fingerprint density at radius 1 is 1.42 bits per heavy atom. The molecule has 0 radical (unpaired) electrons. The number of halogens is 1. The van der Waals surface area contributed by atoms with Crippen LogP contribution >= 0.6 is 11.3 Å². The third-order valence-electron chi connectivity index (χ3n) is 2.32. The van der Waals surface area contributed by atoms with Gasteiger partial charge in [-0.1, -0.05) is 0 Å². The summed E-state index contributed by atoms with van der Waals surface area (Å²) >= 11 is 1.38. The molecule has 0 bridgehead atoms. The van der Waals surface area contributed by atoms with Gasteiger partial charge >= 0.3 is 0 Å². The summed E-state index contributed by atoms with van der Waals surface area (Å²) in [4.78, 5) is 8.63. The lowest BCUT2D eigenvalue weighted by Gasteiger charge is -2.11. The minimum atomic E-state index is -4.00. The maximum Gasteiger partial charge on any atom is 0.261 e. The van der Waals surface area contributed by atoms with E-state index in [0.29, 0.717) is 5.01 Å². The van der Waals surface area contributed by atoms with Crippen LogP contribution in [0.1, 0.15) is 22.9 Å². The predicted octanol–water partition coefficient (Wildman–Crippen LogP) is 2.03. The van der Waals surface area contributed by atoms with Crippen molar-refractivity contribution in [3.05, 3.63) is 40.2 Å². The Kier molecular flexibility index (Phi) is 3.93. The van der Waals surface area contributed by atoms with Crippen LogP contribution in [0.25, 0.3) is 0 Å². The first kappa shape index (κ1) is 14.0. The Balaban J connectivity index is 2.25. The maximum absolute atomic E-state index is 13.4. The Labute approximate surface area is 114 Å². The predicted molar refractivity (Wildman–Crippen MR) is 69.8 cm³/mol. The van der Waals surface area contributed by atoms with E-state index in [1.807, 2.05) is 6.92 Å². The smallest absolute Gasteiger partial charge is 0.248 e. The Morgan fingerprint density at radius 3 is 2.74 bits per heavy atom. The lowest BCUT2D eigenvalue weighted by molar-refractivity contribution is 0.535. The Hall–Kier alpha value is -1.38. The van der Waals surface area contributed by atoms with Crippen LogP contribution in [-0.2, 0) is 10.0 Å². The molecule has 0 spiro atoms. The van der Waals surface area contributed by atoms with Crippen LogP contribution in [0.2, 0.25) is 0 Å². The molecule has 102 valence electrons. The average Bonchev–Trinajstić information content (AvgIpc) is 2.76. The van der Waals surface area contributed by atoms with E-state index in [1.165, 1.54) is 23.6 Å². The van der Waals surface area contributed by atoms with Crippen LogP contribution in [0.3, 0.4) is 0 Å². The number of aromatic nitrogens is 2. The van der Waals surface area contributed by atoms with Gasteiger partial charge < -0.3 is 0 Å². The van der Waals surface area contributed by atoms with Gasteiger partial charge in [-0.3, -0.25) is 0 Å². The van der Waals surface area contributed by atoms with Crippen molar-refractivity contribution in [2.75, 3.05) is 0 Å². The molecule has 0 aliphatic carbocycles. The normalized spacial score (nSPS) is 13.4. The van der Waals surface area contributed by atoms with Crippen molar-refractivity contribution < 1.29 is 12.8 Å². The van der Waals surface area contributed by atoms with Crippen molar-refractivity contribution in [2.45, 2.75) is 24.9 Å². The van der Waals surface area contributed by atoms with Crippen LogP contribution in [-0.4, -0.2) is 18.4 Å². The molecule has 0 aliphatic heterocycles. The van der Waals surface area contributed by atoms with Crippen LogP contribution in [0.15, 0.2) is 29.6 Å². The van der Waals surface area contributed by atoms with Gasteiger partial charge in [-0.05, 0) is 26.0 Å². The number of nitrogens with zero attached hydrogens (tertiary/aromatic N) is 2. The molecule has 0 fully saturated rings. The van der Waals surface area contributed by atoms with Crippen molar-refractivity contribution in [2.24, 2.45) is 0 Å². The fraction of sp³-hybridized carbons (Fsp3) is 0.273. The van der Waals surface area contributed by atoms with Gasteiger partial charge in [0.1, 0.15) is 5.01 Å². The van der Waals surface area contributed by atoms with Crippen molar-refractivity contribution in [3.63, 3.8) is 0 Å². The Bertz CT molecular complexity index is 685. The number of thiazole rings is 1. The summed E-state index contributed by atoms with van der Waals surface area (Å²) in [5.74, 6) is -0.877. The van der Waals surface area contributed by atoms with Crippen LogP contribution < -0.4 is 4.72 Å². The molecule has 0 aliphatic rings. The van der Waals surface area contributed by atoms with E-state index in [4.69, 9.17) is 0 Å². The van der Waals surface area contributed by atoms with Crippen LogP contribution in [0, 0.1) is 12.7 Å². The molecular weight excluding hydrogens is 289 g/mol. The van der Waals surface area contributed by atoms with E-state index < -0.39 is 26.9 Å². The number of sulfonamides is 1. The molecule has 1 atom stereocenters. The van der Waals surface area contributed by atoms with Crippen molar-refractivity contribution in [3.8, 4) is 0 Å². The minimum absolute atomic E-state index is 0.537. The number of nitrogens with one attached hydrogen (secondary N) is 1. The van der Waals surface area contributed by atoms with Gasteiger partial charge in [0, 0.05) is 17.3 Å². The quantitative estimate of drug-likeness (QED) is 0.938. The minimum Gasteiger partial charge on any atom is -0.248 e. The molecule has 8 heteroatoms. The number of pyridine rings is 1. The van der Waals surface area contributed by atoms with Crippen LogP contribution in [0.5, 0.6) is 0 Å². The zero-order valence-electron chi connectivity index (χ0n) is 10.3. The van der Waals surface area contributed by atoms with Gasteiger partial charge in [-0.25, -0.2) is 27.5 Å². The third kappa shape index (κ3) is 3.14. The van der Waals surface area contributed by atoms with Gasteiger partial charge in [0.25, 0.3) is 10.0 Å². The summed E-state index contributed by atoms with van der Waals surface area (Å²) in [5, 5.41) is 0.0209. The van der Waals surface area contributed by atoms with E-state index in [0.717, 1.165) is 10.9 Å². The standard InChI is InChI=1S/C11H12FN3O2S2/c1-7-6-14-10(18-7)8(2)15-19(16,17)11-9(12)4-3-5-13-11/h3-6,8,15H,1-2H3. The first-order valence-electron chi connectivity index (χ1n) is 5.45. The summed E-state index contributed by atoms with van der Waals surface area (Å²) in [6.07, 6.45) is 2.89. The molecule has 19 heavy (non-hydrogen) atoms. The molecule has 2 aromatic rings. The topological polar surface area (TPSA) is 72.0 Å². The first-order chi connectivity index (χ1) is 8.90. The average molecular weight is 301 g/mol.